The zero-order valence-electron chi connectivity index (χ0n) is 10.3. The van der Waals surface area contributed by atoms with Crippen LogP contribution >= 0.6 is 0 Å². The third-order valence-electron chi connectivity index (χ3n) is 2.41. The topological polar surface area (TPSA) is 55.4 Å². The number of benzene rings is 1. The molecule has 0 aliphatic rings. The lowest BCUT2D eigenvalue weighted by molar-refractivity contribution is 0.341. The quantitative estimate of drug-likeness (QED) is 0.798. The van der Waals surface area contributed by atoms with Gasteiger partial charge in [-0.2, -0.15) is 0 Å². The first-order valence-corrected chi connectivity index (χ1v) is 7.46. The maximum absolute atomic E-state index is 11.2. The van der Waals surface area contributed by atoms with Crippen molar-refractivity contribution < 1.29 is 13.2 Å². The molecule has 1 rings (SSSR count). The smallest absolute Gasteiger partial charge is 0.153 e. The highest BCUT2D eigenvalue weighted by Gasteiger charge is 2.07. The van der Waals surface area contributed by atoms with Crippen LogP contribution in [0.15, 0.2) is 24.3 Å². The van der Waals surface area contributed by atoms with E-state index in [1.165, 1.54) is 5.56 Å². The first kappa shape index (κ1) is 14.0. The van der Waals surface area contributed by atoms with Crippen LogP contribution in [0, 0.1) is 0 Å². The van der Waals surface area contributed by atoms with Crippen LogP contribution in [0.5, 0.6) is 5.75 Å². The second-order valence-corrected chi connectivity index (χ2v) is 6.23. The summed E-state index contributed by atoms with van der Waals surface area (Å²) in [5.74, 6) is 0.940. The minimum absolute atomic E-state index is 0.0712. The molecular formula is C12H19NO3S. The third-order valence-corrected chi connectivity index (χ3v) is 4.08. The molecule has 5 heteroatoms. The Hall–Kier alpha value is -1.07. The van der Waals surface area contributed by atoms with Gasteiger partial charge in [0.25, 0.3) is 0 Å². The summed E-state index contributed by atoms with van der Waals surface area (Å²) >= 11 is 0. The summed E-state index contributed by atoms with van der Waals surface area (Å²) in [5, 5.41) is 3.05. The van der Waals surface area contributed by atoms with Crippen molar-refractivity contribution in [2.45, 2.75) is 13.5 Å². The lowest BCUT2D eigenvalue weighted by Crippen LogP contribution is -2.15. The van der Waals surface area contributed by atoms with Crippen molar-refractivity contribution in [2.24, 2.45) is 0 Å². The number of ether oxygens (including phenoxy) is 1. The van der Waals surface area contributed by atoms with E-state index in [9.17, 15) is 8.42 Å². The molecule has 0 amide bonds. The minimum Gasteiger partial charge on any atom is -0.493 e. The molecule has 1 N–H and O–H groups in total. The van der Waals surface area contributed by atoms with Crippen LogP contribution in [0.25, 0.3) is 0 Å². The van der Waals surface area contributed by atoms with Crippen LogP contribution in [-0.2, 0) is 16.4 Å². The van der Waals surface area contributed by atoms with Gasteiger partial charge in [0.1, 0.15) is 12.4 Å². The average molecular weight is 257 g/mol. The highest BCUT2D eigenvalue weighted by molar-refractivity contribution is 7.91. The molecule has 0 aromatic heterocycles. The predicted octanol–water partition coefficient (Wildman–Crippen LogP) is 1.22. The van der Waals surface area contributed by atoms with Crippen LogP contribution in [0.3, 0.4) is 0 Å². The Bertz CT molecular complexity index is 426. The molecular weight excluding hydrogens is 238 g/mol. The van der Waals surface area contributed by atoms with E-state index in [-0.39, 0.29) is 18.1 Å². The molecule has 0 radical (unpaired) electrons. The molecule has 0 saturated carbocycles. The zero-order chi connectivity index (χ0) is 12.7. The van der Waals surface area contributed by atoms with E-state index in [2.05, 4.69) is 5.32 Å². The Kier molecular flexibility index (Phi) is 5.44. The van der Waals surface area contributed by atoms with Gasteiger partial charge in [-0.05, 0) is 24.7 Å². The van der Waals surface area contributed by atoms with E-state index in [1.807, 2.05) is 31.3 Å². The highest BCUT2D eigenvalue weighted by atomic mass is 32.2. The first-order chi connectivity index (χ1) is 8.07. The summed E-state index contributed by atoms with van der Waals surface area (Å²) in [7, 11) is -1.05. The average Bonchev–Trinajstić information content (AvgIpc) is 2.32. The Morgan fingerprint density at radius 2 is 1.88 bits per heavy atom. The standard InChI is InChI=1S/C12H19NO3S/c1-3-17(14,15)9-8-16-12-6-4-11(5-7-12)10-13-2/h4-7,13H,3,8-10H2,1-2H3. The van der Waals surface area contributed by atoms with Gasteiger partial charge in [-0.15, -0.1) is 0 Å². The van der Waals surface area contributed by atoms with E-state index < -0.39 is 9.84 Å². The molecule has 1 aromatic carbocycles. The van der Waals surface area contributed by atoms with Crippen molar-refractivity contribution >= 4 is 9.84 Å². The van der Waals surface area contributed by atoms with Gasteiger partial charge in [-0.1, -0.05) is 19.1 Å². The number of hydrogen-bond acceptors (Lipinski definition) is 4. The summed E-state index contributed by atoms with van der Waals surface area (Å²) < 4.78 is 27.9. The number of hydrogen-bond donors (Lipinski definition) is 1. The second-order valence-electron chi connectivity index (χ2n) is 3.76. The molecule has 0 atom stereocenters. The summed E-state index contributed by atoms with van der Waals surface area (Å²) in [6.07, 6.45) is 0. The van der Waals surface area contributed by atoms with Crippen molar-refractivity contribution in [3.05, 3.63) is 29.8 Å². The molecule has 4 nitrogen and oxygen atoms in total. The predicted molar refractivity (Wildman–Crippen MR) is 69.0 cm³/mol. The molecule has 17 heavy (non-hydrogen) atoms. The second kappa shape index (κ2) is 6.61. The number of nitrogens with one attached hydrogen (secondary N) is 1. The van der Waals surface area contributed by atoms with Crippen molar-refractivity contribution in [2.75, 3.05) is 25.2 Å². The molecule has 0 heterocycles. The monoisotopic (exact) mass is 257 g/mol. The maximum Gasteiger partial charge on any atom is 0.153 e. The number of sulfone groups is 1. The fourth-order valence-electron chi connectivity index (χ4n) is 1.34. The summed E-state index contributed by atoms with van der Waals surface area (Å²) in [4.78, 5) is 0. The van der Waals surface area contributed by atoms with Crippen LogP contribution in [-0.4, -0.2) is 33.6 Å². The minimum atomic E-state index is -2.94. The highest BCUT2D eigenvalue weighted by Crippen LogP contribution is 2.12. The summed E-state index contributed by atoms with van der Waals surface area (Å²) in [6.45, 7) is 2.66. The van der Waals surface area contributed by atoms with Gasteiger partial charge in [0.05, 0.1) is 5.75 Å². The fraction of sp³-hybridized carbons (Fsp3) is 0.500. The normalized spacial score (nSPS) is 11.4. The summed E-state index contributed by atoms with van der Waals surface area (Å²) in [6, 6.07) is 7.62. The van der Waals surface area contributed by atoms with Crippen molar-refractivity contribution in [3.63, 3.8) is 0 Å². The van der Waals surface area contributed by atoms with Gasteiger partial charge < -0.3 is 10.1 Å². The van der Waals surface area contributed by atoms with Gasteiger partial charge in [0.15, 0.2) is 9.84 Å². The number of rotatable bonds is 7. The molecule has 0 aliphatic carbocycles. The van der Waals surface area contributed by atoms with Crippen LogP contribution in [0.1, 0.15) is 12.5 Å². The van der Waals surface area contributed by atoms with E-state index in [1.54, 1.807) is 6.92 Å². The van der Waals surface area contributed by atoms with Crippen LogP contribution in [0.2, 0.25) is 0 Å². The Balaban J connectivity index is 2.42. The van der Waals surface area contributed by atoms with Gasteiger partial charge >= 0.3 is 0 Å². The maximum atomic E-state index is 11.2. The van der Waals surface area contributed by atoms with Crippen molar-refractivity contribution in [3.8, 4) is 5.75 Å². The Labute approximate surface area is 103 Å². The molecule has 96 valence electrons. The van der Waals surface area contributed by atoms with E-state index >= 15 is 0 Å². The molecule has 0 aliphatic heterocycles. The van der Waals surface area contributed by atoms with E-state index in [0.29, 0.717) is 5.75 Å². The summed E-state index contributed by atoms with van der Waals surface area (Å²) in [5.41, 5.74) is 1.17. The SMILES string of the molecule is CCS(=O)(=O)CCOc1ccc(CNC)cc1. The van der Waals surface area contributed by atoms with Crippen LogP contribution in [0.4, 0.5) is 0 Å². The zero-order valence-corrected chi connectivity index (χ0v) is 11.1. The van der Waals surface area contributed by atoms with Gasteiger partial charge in [0.2, 0.25) is 0 Å². The van der Waals surface area contributed by atoms with Crippen LogP contribution < -0.4 is 10.1 Å². The van der Waals surface area contributed by atoms with E-state index in [4.69, 9.17) is 4.74 Å². The van der Waals surface area contributed by atoms with E-state index in [0.717, 1.165) is 6.54 Å². The fourth-order valence-corrected chi connectivity index (χ4v) is 1.96. The largest absolute Gasteiger partial charge is 0.493 e. The Morgan fingerprint density at radius 1 is 1.24 bits per heavy atom. The molecule has 0 saturated heterocycles. The van der Waals surface area contributed by atoms with Gasteiger partial charge in [0, 0.05) is 12.3 Å². The van der Waals surface area contributed by atoms with Gasteiger partial charge in [-0.25, -0.2) is 8.42 Å². The van der Waals surface area contributed by atoms with Crippen molar-refractivity contribution in [1.29, 1.82) is 0 Å². The molecule has 1 aromatic rings. The lowest BCUT2D eigenvalue weighted by Gasteiger charge is -2.07. The molecule has 0 unspecified atom stereocenters. The third kappa shape index (κ3) is 5.19. The molecule has 0 bridgehead atoms. The molecule has 0 fully saturated rings. The van der Waals surface area contributed by atoms with Gasteiger partial charge in [-0.3, -0.25) is 0 Å². The lowest BCUT2D eigenvalue weighted by atomic mass is 10.2. The first-order valence-electron chi connectivity index (χ1n) is 5.64. The van der Waals surface area contributed by atoms with Crippen molar-refractivity contribution in [1.82, 2.24) is 5.32 Å². The Morgan fingerprint density at radius 3 is 2.41 bits per heavy atom. The molecule has 0 spiro atoms.